The average molecular weight is 481 g/mol. The summed E-state index contributed by atoms with van der Waals surface area (Å²) in [5.74, 6) is -4.03. The third-order valence-corrected chi connectivity index (χ3v) is 4.98. The summed E-state index contributed by atoms with van der Waals surface area (Å²) < 4.78 is 60.8. The summed E-state index contributed by atoms with van der Waals surface area (Å²) in [5, 5.41) is 3.89. The zero-order chi connectivity index (χ0) is 21.9. The van der Waals surface area contributed by atoms with E-state index >= 15 is 0 Å². The molecular formula is C17H15CaF3N5O4P. The van der Waals surface area contributed by atoms with Gasteiger partial charge in [0.25, 0.3) is 0 Å². The summed E-state index contributed by atoms with van der Waals surface area (Å²) >= 11 is 0. The number of rotatable bonds is 8. The second-order valence-corrected chi connectivity index (χ2v) is 7.95. The van der Waals surface area contributed by atoms with E-state index in [1.807, 2.05) is 0 Å². The van der Waals surface area contributed by atoms with Gasteiger partial charge in [-0.15, -0.1) is 0 Å². The number of ether oxygens (including phenoxy) is 1. The van der Waals surface area contributed by atoms with E-state index in [1.54, 1.807) is 0 Å². The molecule has 0 aliphatic rings. The van der Waals surface area contributed by atoms with Gasteiger partial charge < -0.3 is 19.1 Å². The molecule has 3 aromatic rings. The molecule has 31 heavy (non-hydrogen) atoms. The van der Waals surface area contributed by atoms with Crippen LogP contribution in [0.3, 0.4) is 0 Å². The molecule has 160 valence electrons. The summed E-state index contributed by atoms with van der Waals surface area (Å²) in [6.45, 7) is 1.01. The first-order valence-electron chi connectivity index (χ1n) is 8.51. The smallest absolute Gasteiger partial charge is 0.809 e. The van der Waals surface area contributed by atoms with Crippen molar-refractivity contribution >= 4 is 45.3 Å². The topological polar surface area (TPSA) is 129 Å². The molecule has 0 fully saturated rings. The van der Waals surface area contributed by atoms with Crippen LogP contribution >= 0.6 is 7.60 Å². The van der Waals surface area contributed by atoms with Crippen molar-refractivity contribution in [2.45, 2.75) is 25.0 Å². The summed E-state index contributed by atoms with van der Waals surface area (Å²) in [7, 11) is -5.23. The molecule has 9 nitrogen and oxygen atoms in total. The molecule has 0 unspecified atom stereocenters. The number of hydrogen-bond donors (Lipinski definition) is 0. The minimum Gasteiger partial charge on any atom is -0.809 e. The van der Waals surface area contributed by atoms with E-state index in [0.717, 1.165) is 31.0 Å². The van der Waals surface area contributed by atoms with Crippen LogP contribution in [0.25, 0.3) is 0 Å². The Morgan fingerprint density at radius 2 is 1.94 bits per heavy atom. The van der Waals surface area contributed by atoms with Crippen LogP contribution in [-0.4, -0.2) is 68.8 Å². The fourth-order valence-electron chi connectivity index (χ4n) is 3.15. The predicted octanol–water partition coefficient (Wildman–Crippen LogP) is 0.692. The minimum atomic E-state index is -5.23. The fourth-order valence-corrected chi connectivity index (χ4v) is 3.54. The molecule has 0 bridgehead atoms. The van der Waals surface area contributed by atoms with Gasteiger partial charge in [-0.3, -0.25) is 0 Å². The van der Waals surface area contributed by atoms with Crippen molar-refractivity contribution in [2.75, 3.05) is 6.35 Å². The maximum Gasteiger partial charge on any atom is 2.00 e. The third-order valence-electron chi connectivity index (χ3n) is 4.54. The largest absolute Gasteiger partial charge is 2.00 e. The Balaban J connectivity index is 0.00000341. The first-order valence-corrected chi connectivity index (χ1v) is 10.2. The summed E-state index contributed by atoms with van der Waals surface area (Å²) in [5.41, 5.74) is -2.58. The second-order valence-electron chi connectivity index (χ2n) is 6.47. The molecule has 0 aliphatic carbocycles. The van der Waals surface area contributed by atoms with Crippen LogP contribution in [0.15, 0.2) is 43.4 Å². The number of halogens is 3. The van der Waals surface area contributed by atoms with Gasteiger partial charge in [-0.25, -0.2) is 32.8 Å². The van der Waals surface area contributed by atoms with Crippen LogP contribution in [-0.2, 0) is 21.4 Å². The molecule has 2 atom stereocenters. The molecule has 0 saturated carbocycles. The molecule has 2 heterocycles. The van der Waals surface area contributed by atoms with Gasteiger partial charge in [0.1, 0.15) is 36.2 Å². The van der Waals surface area contributed by atoms with Gasteiger partial charge in [-0.1, -0.05) is 13.0 Å². The van der Waals surface area contributed by atoms with Crippen molar-refractivity contribution in [2.24, 2.45) is 0 Å². The maximum absolute atomic E-state index is 14.9. The van der Waals surface area contributed by atoms with E-state index in [2.05, 4.69) is 20.1 Å². The van der Waals surface area contributed by atoms with E-state index in [9.17, 15) is 27.5 Å². The molecule has 0 aliphatic heterocycles. The van der Waals surface area contributed by atoms with Gasteiger partial charge in [-0.05, 0) is 13.7 Å². The maximum atomic E-state index is 14.9. The van der Waals surface area contributed by atoms with Crippen molar-refractivity contribution in [3.8, 4) is 0 Å². The Morgan fingerprint density at radius 3 is 2.52 bits per heavy atom. The zero-order valence-corrected chi connectivity index (χ0v) is 19.3. The van der Waals surface area contributed by atoms with Crippen molar-refractivity contribution in [3.63, 3.8) is 0 Å². The Kier molecular flexibility index (Phi) is 8.74. The van der Waals surface area contributed by atoms with Crippen LogP contribution in [0.4, 0.5) is 13.2 Å². The summed E-state index contributed by atoms with van der Waals surface area (Å²) in [6.07, 6.45) is 2.97. The molecule has 0 amide bonds. The second kappa shape index (κ2) is 10.5. The predicted molar refractivity (Wildman–Crippen MR) is 97.8 cm³/mol. The number of hydrogen-bond acceptors (Lipinski definition) is 8. The van der Waals surface area contributed by atoms with Crippen LogP contribution < -0.4 is 9.79 Å². The monoisotopic (exact) mass is 481 g/mol. The molecule has 0 radical (unpaired) electrons. The Labute approximate surface area is 204 Å². The van der Waals surface area contributed by atoms with Gasteiger partial charge in [-0.2, -0.15) is 5.10 Å². The minimum absolute atomic E-state index is 0. The molecule has 2 aromatic heterocycles. The Morgan fingerprint density at radius 1 is 1.19 bits per heavy atom. The van der Waals surface area contributed by atoms with Crippen LogP contribution in [0, 0.1) is 17.5 Å². The molecule has 0 saturated heterocycles. The molecule has 3 rings (SSSR count). The SMILES string of the molecule is C[C@@H](c1ncncc1F)[C@@](Cn1cncn1)(OCP(=O)([O-])[O-])c1ccc(F)cc1F.[Ca+2]. The van der Waals surface area contributed by atoms with E-state index < -0.39 is 42.9 Å². The van der Waals surface area contributed by atoms with Crippen LogP contribution in [0.2, 0.25) is 0 Å². The third kappa shape index (κ3) is 6.10. The van der Waals surface area contributed by atoms with Gasteiger partial charge in [0.15, 0.2) is 5.82 Å². The zero-order valence-electron chi connectivity index (χ0n) is 16.2. The van der Waals surface area contributed by atoms with Gasteiger partial charge in [0.05, 0.1) is 24.8 Å². The van der Waals surface area contributed by atoms with Crippen molar-refractivity contribution < 1.29 is 32.3 Å². The number of nitrogens with zero attached hydrogens (tertiary/aromatic N) is 5. The van der Waals surface area contributed by atoms with Crippen LogP contribution in [0.5, 0.6) is 0 Å². The van der Waals surface area contributed by atoms with E-state index in [0.29, 0.717) is 6.07 Å². The Bertz CT molecular complexity index is 1070. The van der Waals surface area contributed by atoms with Gasteiger partial charge in [0, 0.05) is 17.5 Å². The average Bonchev–Trinajstić information content (AvgIpc) is 3.17. The van der Waals surface area contributed by atoms with Crippen molar-refractivity contribution in [3.05, 3.63) is 72.1 Å². The quantitative estimate of drug-likeness (QED) is 0.340. The van der Waals surface area contributed by atoms with Gasteiger partial charge >= 0.3 is 37.7 Å². The fraction of sp³-hybridized carbons (Fsp3) is 0.294. The van der Waals surface area contributed by atoms with Gasteiger partial charge in [0.2, 0.25) is 0 Å². The summed E-state index contributed by atoms with van der Waals surface area (Å²) in [6, 6.07) is 2.51. The van der Waals surface area contributed by atoms with E-state index in [4.69, 9.17) is 4.74 Å². The normalized spacial score (nSPS) is 14.5. The molecule has 1 aromatic carbocycles. The Hall–Kier alpha value is -1.40. The number of benzene rings is 1. The summed E-state index contributed by atoms with van der Waals surface area (Å²) in [4.78, 5) is 33.8. The first-order chi connectivity index (χ1) is 14.1. The van der Waals surface area contributed by atoms with Crippen LogP contribution in [0.1, 0.15) is 24.1 Å². The van der Waals surface area contributed by atoms with E-state index in [1.165, 1.54) is 17.9 Å². The van der Waals surface area contributed by atoms with Crippen molar-refractivity contribution in [1.82, 2.24) is 24.7 Å². The van der Waals surface area contributed by atoms with Crippen molar-refractivity contribution in [1.29, 1.82) is 0 Å². The standard InChI is InChI=1S/C17H17F3N5O4P.Ca/c1-11(16-15(20)5-21-7-23-16)17(29-10-30(26,27)28,6-25-9-22-8-24-25)13-3-2-12(18)4-14(13)19;/h2-5,7-9,11H,6,10H2,1H3,(H2,26,27,28);/q;+2/p-2/t11-,17+;/m0./s1. The first kappa shape index (κ1) is 25.9. The molecular weight excluding hydrogens is 466 g/mol. The number of aromatic nitrogens is 5. The molecule has 14 heteroatoms. The molecule has 0 N–H and O–H groups in total. The van der Waals surface area contributed by atoms with E-state index in [-0.39, 0.29) is 55.5 Å². The molecule has 0 spiro atoms.